The van der Waals surface area contributed by atoms with E-state index in [9.17, 15) is 4.79 Å². The zero-order valence-electron chi connectivity index (χ0n) is 16.7. The maximum atomic E-state index is 13.5. The number of aromatic nitrogens is 3. The van der Waals surface area contributed by atoms with Gasteiger partial charge in [-0.3, -0.25) is 4.79 Å². The quantitative estimate of drug-likeness (QED) is 0.886. The van der Waals surface area contributed by atoms with Gasteiger partial charge in [0.05, 0.1) is 22.2 Å². The van der Waals surface area contributed by atoms with Crippen molar-refractivity contribution in [1.29, 1.82) is 0 Å². The fraction of sp³-hybridized carbons (Fsp3) is 0.667. The fourth-order valence-corrected chi connectivity index (χ4v) is 4.72. The van der Waals surface area contributed by atoms with Crippen LogP contribution >= 0.6 is 0 Å². The molecule has 0 spiro atoms. The molecule has 0 radical (unpaired) electrons. The molecule has 1 saturated carbocycles. The molecule has 2 aromatic rings. The summed E-state index contributed by atoms with van der Waals surface area (Å²) in [5.41, 5.74) is 3.48. The highest BCUT2D eigenvalue weighted by molar-refractivity contribution is 6.06. The first-order valence-corrected chi connectivity index (χ1v) is 10.2. The summed E-state index contributed by atoms with van der Waals surface area (Å²) in [7, 11) is 0. The van der Waals surface area contributed by atoms with Gasteiger partial charge in [0.25, 0.3) is 5.91 Å². The van der Waals surface area contributed by atoms with Gasteiger partial charge in [0, 0.05) is 37.8 Å². The minimum absolute atomic E-state index is 0.162. The number of hydrogen-bond donors (Lipinski definition) is 1. The van der Waals surface area contributed by atoms with Crippen LogP contribution in [0.2, 0.25) is 0 Å². The van der Waals surface area contributed by atoms with Crippen LogP contribution in [-0.4, -0.2) is 51.8 Å². The molecule has 6 heteroatoms. The maximum absolute atomic E-state index is 13.5. The summed E-state index contributed by atoms with van der Waals surface area (Å²) in [6, 6.07) is 2.07. The molecule has 0 bridgehead atoms. The molecule has 3 fully saturated rings. The van der Waals surface area contributed by atoms with Crippen LogP contribution in [0.3, 0.4) is 0 Å². The first-order valence-electron chi connectivity index (χ1n) is 10.2. The lowest BCUT2D eigenvalue weighted by Crippen LogP contribution is -2.32. The highest BCUT2D eigenvalue weighted by Crippen LogP contribution is 2.41. The monoisotopic (exact) mass is 367 g/mol. The van der Waals surface area contributed by atoms with Gasteiger partial charge in [-0.2, -0.15) is 5.10 Å². The van der Waals surface area contributed by atoms with E-state index in [1.54, 1.807) is 0 Å². The van der Waals surface area contributed by atoms with E-state index in [0.717, 1.165) is 54.2 Å². The Bertz CT molecular complexity index is 909. The molecule has 2 saturated heterocycles. The smallest absolute Gasteiger partial charge is 0.254 e. The van der Waals surface area contributed by atoms with Crippen LogP contribution in [0.25, 0.3) is 11.0 Å². The average Bonchev–Trinajstić information content (AvgIpc) is 3.08. The molecule has 0 aromatic carbocycles. The van der Waals surface area contributed by atoms with Crippen LogP contribution in [0.4, 0.5) is 0 Å². The van der Waals surface area contributed by atoms with Crippen LogP contribution in [-0.2, 0) is 5.54 Å². The predicted octanol–water partition coefficient (Wildman–Crippen LogP) is 2.66. The first kappa shape index (κ1) is 17.2. The number of likely N-dealkylation sites (tertiary alicyclic amines) is 1. The number of pyridine rings is 1. The topological polar surface area (TPSA) is 63.1 Å². The molecule has 2 aromatic heterocycles. The van der Waals surface area contributed by atoms with Crippen LogP contribution in [0.15, 0.2) is 6.07 Å². The summed E-state index contributed by atoms with van der Waals surface area (Å²) in [6.07, 6.45) is 2.35. The average molecular weight is 367 g/mol. The Morgan fingerprint density at radius 3 is 2.44 bits per heavy atom. The van der Waals surface area contributed by atoms with Crippen LogP contribution in [0, 0.1) is 18.8 Å². The van der Waals surface area contributed by atoms with E-state index in [0.29, 0.717) is 17.8 Å². The van der Waals surface area contributed by atoms with Crippen molar-refractivity contribution in [3.8, 4) is 0 Å². The van der Waals surface area contributed by atoms with Crippen molar-refractivity contribution >= 4 is 16.9 Å². The number of fused-ring (bicyclic) bond motifs is 2. The van der Waals surface area contributed by atoms with E-state index in [1.807, 2.05) is 11.6 Å². The Kier molecular flexibility index (Phi) is 3.67. The second kappa shape index (κ2) is 5.77. The van der Waals surface area contributed by atoms with Gasteiger partial charge in [0.15, 0.2) is 5.65 Å². The van der Waals surface area contributed by atoms with E-state index in [-0.39, 0.29) is 11.4 Å². The molecular weight excluding hydrogens is 338 g/mol. The van der Waals surface area contributed by atoms with Crippen molar-refractivity contribution in [1.82, 2.24) is 25.0 Å². The van der Waals surface area contributed by atoms with Crippen molar-refractivity contribution in [2.75, 3.05) is 26.2 Å². The van der Waals surface area contributed by atoms with E-state index >= 15 is 0 Å². The van der Waals surface area contributed by atoms with Gasteiger partial charge in [-0.05, 0) is 58.4 Å². The number of amides is 1. The molecule has 1 N–H and O–H groups in total. The van der Waals surface area contributed by atoms with Crippen LogP contribution < -0.4 is 5.32 Å². The van der Waals surface area contributed by atoms with Crippen molar-refractivity contribution in [3.05, 3.63) is 23.0 Å². The van der Waals surface area contributed by atoms with Crippen LogP contribution in [0.5, 0.6) is 0 Å². The molecule has 27 heavy (non-hydrogen) atoms. The SMILES string of the molecule is Cc1nn(C(C)(C)C)c2nc(C3CC3)cc(C(=O)N3C[C@H]4CNC[C@H]4C3)c12. The van der Waals surface area contributed by atoms with Crippen molar-refractivity contribution in [2.45, 2.75) is 52.0 Å². The molecule has 3 aliphatic rings. The normalized spacial score (nSPS) is 25.4. The predicted molar refractivity (Wildman–Crippen MR) is 105 cm³/mol. The number of hydrogen-bond acceptors (Lipinski definition) is 4. The van der Waals surface area contributed by atoms with Gasteiger partial charge < -0.3 is 10.2 Å². The van der Waals surface area contributed by atoms with Gasteiger partial charge in [-0.15, -0.1) is 0 Å². The zero-order chi connectivity index (χ0) is 18.9. The Hall–Kier alpha value is -1.95. The lowest BCUT2D eigenvalue weighted by molar-refractivity contribution is 0.0783. The molecule has 1 amide bonds. The van der Waals surface area contributed by atoms with Gasteiger partial charge in [-0.1, -0.05) is 0 Å². The molecule has 4 heterocycles. The minimum Gasteiger partial charge on any atom is -0.338 e. The Morgan fingerprint density at radius 1 is 1.19 bits per heavy atom. The van der Waals surface area contributed by atoms with E-state index in [4.69, 9.17) is 10.1 Å². The summed E-state index contributed by atoms with van der Waals surface area (Å²) in [5, 5.41) is 9.17. The second-order valence-corrected chi connectivity index (χ2v) is 9.62. The third-order valence-electron chi connectivity index (χ3n) is 6.37. The lowest BCUT2D eigenvalue weighted by Gasteiger charge is -2.21. The minimum atomic E-state index is -0.168. The van der Waals surface area contributed by atoms with E-state index < -0.39 is 0 Å². The third kappa shape index (κ3) is 2.76. The van der Waals surface area contributed by atoms with E-state index in [1.165, 1.54) is 12.8 Å². The van der Waals surface area contributed by atoms with Crippen molar-refractivity contribution in [3.63, 3.8) is 0 Å². The molecule has 144 valence electrons. The number of nitrogens with zero attached hydrogens (tertiary/aromatic N) is 4. The molecule has 6 nitrogen and oxygen atoms in total. The number of rotatable bonds is 2. The molecule has 5 rings (SSSR count). The van der Waals surface area contributed by atoms with Gasteiger partial charge in [0.2, 0.25) is 0 Å². The summed E-state index contributed by atoms with van der Waals surface area (Å²) >= 11 is 0. The highest BCUT2D eigenvalue weighted by Gasteiger charge is 2.39. The summed E-state index contributed by atoms with van der Waals surface area (Å²) in [5.74, 6) is 1.88. The number of carbonyl (C=O) groups is 1. The second-order valence-electron chi connectivity index (χ2n) is 9.62. The third-order valence-corrected chi connectivity index (χ3v) is 6.37. The zero-order valence-corrected chi connectivity index (χ0v) is 16.7. The maximum Gasteiger partial charge on any atom is 0.254 e. The largest absolute Gasteiger partial charge is 0.338 e. The first-order chi connectivity index (χ1) is 12.8. The number of nitrogens with one attached hydrogen (secondary N) is 1. The van der Waals surface area contributed by atoms with Crippen LogP contribution in [0.1, 0.15) is 61.3 Å². The van der Waals surface area contributed by atoms with Crippen molar-refractivity contribution < 1.29 is 4.79 Å². The molecule has 0 unspecified atom stereocenters. The summed E-state index contributed by atoms with van der Waals surface area (Å²) in [4.78, 5) is 20.6. The molecule has 2 atom stereocenters. The Morgan fingerprint density at radius 2 is 1.85 bits per heavy atom. The lowest BCUT2D eigenvalue weighted by atomic mass is 10.0. The Labute approximate surface area is 160 Å². The standard InChI is InChI=1S/C21H29N5O/c1-12-18-16(20(27)25-10-14-8-22-9-15(14)11-25)7-17(13-5-6-13)23-19(18)26(24-12)21(2,3)4/h7,13-15,22H,5-6,8-11H2,1-4H3/t14-,15+. The molecular formula is C21H29N5O. The van der Waals surface area contributed by atoms with Gasteiger partial charge in [-0.25, -0.2) is 9.67 Å². The molecule has 1 aliphatic carbocycles. The summed E-state index contributed by atoms with van der Waals surface area (Å²) in [6.45, 7) is 12.2. The Balaban J connectivity index is 1.62. The number of aryl methyl sites for hydroxylation is 1. The fourth-order valence-electron chi connectivity index (χ4n) is 4.72. The van der Waals surface area contributed by atoms with Gasteiger partial charge >= 0.3 is 0 Å². The van der Waals surface area contributed by atoms with Crippen molar-refractivity contribution in [2.24, 2.45) is 11.8 Å². The highest BCUT2D eigenvalue weighted by atomic mass is 16.2. The molecule has 2 aliphatic heterocycles. The summed E-state index contributed by atoms with van der Waals surface area (Å²) < 4.78 is 2.00. The number of carbonyl (C=O) groups excluding carboxylic acids is 1. The van der Waals surface area contributed by atoms with E-state index in [2.05, 4.69) is 37.1 Å². The van der Waals surface area contributed by atoms with Gasteiger partial charge in [0.1, 0.15) is 0 Å².